The van der Waals surface area contributed by atoms with E-state index in [0.717, 1.165) is 5.56 Å². The van der Waals surface area contributed by atoms with Crippen LogP contribution in [0.5, 0.6) is 0 Å². The fourth-order valence-corrected chi connectivity index (χ4v) is 3.74. The Hall–Kier alpha value is -2.31. The van der Waals surface area contributed by atoms with Gasteiger partial charge in [0.25, 0.3) is 5.91 Å². The Balaban J connectivity index is 0.000000880. The number of primary amides is 1. The number of hydrogen-bond donors (Lipinski definition) is 1. The summed E-state index contributed by atoms with van der Waals surface area (Å²) in [7, 11) is 0. The van der Waals surface area contributed by atoms with E-state index in [-0.39, 0.29) is 17.7 Å². The van der Waals surface area contributed by atoms with Gasteiger partial charge in [0.15, 0.2) is 0 Å². The van der Waals surface area contributed by atoms with Gasteiger partial charge in [-0.3, -0.25) is 9.36 Å². The molecule has 25 heavy (non-hydrogen) atoms. The lowest BCUT2D eigenvalue weighted by Crippen LogP contribution is -2.24. The van der Waals surface area contributed by atoms with Crippen molar-refractivity contribution in [3.8, 4) is 11.3 Å². The largest absolute Gasteiger partial charge is 0.363 e. The number of carbonyl (C=O) groups is 1. The topological polar surface area (TPSA) is 60.9 Å². The van der Waals surface area contributed by atoms with Gasteiger partial charge in [-0.2, -0.15) is 8.78 Å². The molecule has 134 valence electrons. The summed E-state index contributed by atoms with van der Waals surface area (Å²) in [6, 6.07) is 3.09. The Morgan fingerprint density at radius 3 is 2.48 bits per heavy atom. The van der Waals surface area contributed by atoms with Crippen LogP contribution in [0, 0.1) is 12.7 Å². The fraction of sp³-hybridized carbons (Fsp3) is 0.444. The molecule has 5 rings (SSSR count). The first kappa shape index (κ1) is 17.5. The maximum absolute atomic E-state index is 13.9. The second kappa shape index (κ2) is 6.20. The summed E-state index contributed by atoms with van der Waals surface area (Å²) in [4.78, 5) is 15.6. The van der Waals surface area contributed by atoms with E-state index >= 15 is 0 Å². The SMILES string of the molecule is CC.Cc1cc2c(cc1F)C1CC(C1)c1c-2nc(C(N)=O)n1C(F)F. The zero-order valence-electron chi connectivity index (χ0n) is 14.3. The molecule has 0 saturated heterocycles. The summed E-state index contributed by atoms with van der Waals surface area (Å²) in [5.41, 5.74) is 7.72. The molecule has 2 aromatic rings. The lowest BCUT2D eigenvalue weighted by Gasteiger charge is -2.34. The fourth-order valence-electron chi connectivity index (χ4n) is 3.74. The molecule has 0 atom stereocenters. The number of nitrogens with zero attached hydrogens (tertiary/aromatic N) is 2. The van der Waals surface area contributed by atoms with E-state index in [1.54, 1.807) is 13.0 Å². The molecule has 0 unspecified atom stereocenters. The molecule has 1 heterocycles. The van der Waals surface area contributed by atoms with E-state index < -0.39 is 18.3 Å². The number of hydrogen-bond acceptors (Lipinski definition) is 2. The van der Waals surface area contributed by atoms with Crippen LogP contribution in [0.3, 0.4) is 0 Å². The third kappa shape index (κ3) is 2.53. The van der Waals surface area contributed by atoms with Crippen molar-refractivity contribution in [2.75, 3.05) is 0 Å². The number of alkyl halides is 2. The van der Waals surface area contributed by atoms with Crippen molar-refractivity contribution in [2.24, 2.45) is 5.73 Å². The van der Waals surface area contributed by atoms with Crippen molar-refractivity contribution >= 4 is 5.91 Å². The first-order chi connectivity index (χ1) is 11.9. The highest BCUT2D eigenvalue weighted by molar-refractivity contribution is 5.91. The smallest absolute Gasteiger partial charge is 0.320 e. The monoisotopic (exact) mass is 351 g/mol. The number of aryl methyl sites for hydroxylation is 1. The zero-order chi connectivity index (χ0) is 18.5. The number of rotatable bonds is 2. The van der Waals surface area contributed by atoms with Crippen molar-refractivity contribution in [3.63, 3.8) is 0 Å². The molecule has 1 aromatic carbocycles. The number of imidazole rings is 1. The van der Waals surface area contributed by atoms with Gasteiger partial charge in [-0.1, -0.05) is 13.8 Å². The molecule has 1 fully saturated rings. The average Bonchev–Trinajstić information content (AvgIpc) is 2.82. The maximum atomic E-state index is 13.9. The standard InChI is InChI=1S/C16H14F3N3O.C2H6/c1-6-2-10-9(5-11(6)17)7-3-8(4-7)13-12(10)21-15(14(20)23)22(13)16(18)19;1-2/h2,5,7-8,16H,3-4H2,1H3,(H2,20,23);1-2H3. The highest BCUT2D eigenvalue weighted by Crippen LogP contribution is 2.56. The second-order valence-electron chi connectivity index (χ2n) is 6.24. The second-order valence-corrected chi connectivity index (χ2v) is 6.24. The van der Waals surface area contributed by atoms with Crippen LogP contribution < -0.4 is 5.73 Å². The molecule has 2 bridgehead atoms. The summed E-state index contributed by atoms with van der Waals surface area (Å²) in [5.74, 6) is -1.72. The van der Waals surface area contributed by atoms with E-state index in [2.05, 4.69) is 4.98 Å². The summed E-state index contributed by atoms with van der Waals surface area (Å²) < 4.78 is 41.6. The number of benzene rings is 1. The van der Waals surface area contributed by atoms with E-state index in [1.165, 1.54) is 6.07 Å². The maximum Gasteiger partial charge on any atom is 0.320 e. The Kier molecular flexibility index (Phi) is 4.34. The average molecular weight is 351 g/mol. The minimum atomic E-state index is -2.89. The van der Waals surface area contributed by atoms with Crippen molar-refractivity contribution in [3.05, 3.63) is 40.6 Å². The van der Waals surface area contributed by atoms with Crippen molar-refractivity contribution in [1.29, 1.82) is 0 Å². The van der Waals surface area contributed by atoms with Crippen LogP contribution in [0.2, 0.25) is 0 Å². The molecule has 1 aromatic heterocycles. The molecule has 3 aliphatic rings. The number of aromatic nitrogens is 2. The van der Waals surface area contributed by atoms with Gasteiger partial charge < -0.3 is 5.73 Å². The summed E-state index contributed by atoms with van der Waals surface area (Å²) in [6.45, 7) is 2.72. The molecule has 0 spiro atoms. The summed E-state index contributed by atoms with van der Waals surface area (Å²) in [6.07, 6.45) is 1.30. The Labute approximate surface area is 143 Å². The van der Waals surface area contributed by atoms with Gasteiger partial charge in [0.05, 0.1) is 11.4 Å². The highest BCUT2D eigenvalue weighted by atomic mass is 19.3. The molecule has 4 nitrogen and oxygen atoms in total. The number of amides is 1. The molecule has 7 heteroatoms. The van der Waals surface area contributed by atoms with Crippen LogP contribution in [0.15, 0.2) is 12.1 Å². The van der Waals surface area contributed by atoms with Gasteiger partial charge in [0, 0.05) is 11.5 Å². The molecule has 1 saturated carbocycles. The first-order valence-corrected chi connectivity index (χ1v) is 8.39. The van der Waals surface area contributed by atoms with Crippen molar-refractivity contribution in [1.82, 2.24) is 9.55 Å². The van der Waals surface area contributed by atoms with Gasteiger partial charge in [0.1, 0.15) is 5.82 Å². The molecular formula is C18H20F3N3O. The van der Waals surface area contributed by atoms with Crippen LogP contribution in [0.1, 0.15) is 72.5 Å². The zero-order valence-corrected chi connectivity index (χ0v) is 14.3. The van der Waals surface area contributed by atoms with Gasteiger partial charge in [-0.15, -0.1) is 0 Å². The van der Waals surface area contributed by atoms with E-state index in [1.807, 2.05) is 13.8 Å². The minimum absolute atomic E-state index is 0.111. The predicted octanol–water partition coefficient (Wildman–Crippen LogP) is 4.49. The van der Waals surface area contributed by atoms with Crippen LogP contribution in [0.25, 0.3) is 11.3 Å². The third-order valence-corrected chi connectivity index (χ3v) is 4.91. The van der Waals surface area contributed by atoms with Crippen LogP contribution in [0.4, 0.5) is 13.2 Å². The highest BCUT2D eigenvalue weighted by Gasteiger charge is 2.43. The summed E-state index contributed by atoms with van der Waals surface area (Å²) in [5, 5.41) is 0. The predicted molar refractivity (Wildman–Crippen MR) is 88.2 cm³/mol. The lowest BCUT2D eigenvalue weighted by molar-refractivity contribution is 0.0584. The minimum Gasteiger partial charge on any atom is -0.363 e. The van der Waals surface area contributed by atoms with E-state index in [0.29, 0.717) is 39.9 Å². The van der Waals surface area contributed by atoms with E-state index in [9.17, 15) is 18.0 Å². The van der Waals surface area contributed by atoms with Gasteiger partial charge in [0.2, 0.25) is 5.82 Å². The van der Waals surface area contributed by atoms with Crippen LogP contribution in [-0.4, -0.2) is 15.5 Å². The number of halogens is 3. The molecule has 1 amide bonds. The molecular weight excluding hydrogens is 331 g/mol. The molecule has 3 aliphatic carbocycles. The number of carbonyl (C=O) groups excluding carboxylic acids is 1. The lowest BCUT2D eigenvalue weighted by atomic mass is 9.71. The van der Waals surface area contributed by atoms with Gasteiger partial charge >= 0.3 is 6.55 Å². The quantitative estimate of drug-likeness (QED) is 0.866. The normalized spacial score (nSPS) is 20.0. The molecule has 0 aliphatic heterocycles. The van der Waals surface area contributed by atoms with Gasteiger partial charge in [-0.05, 0) is 48.9 Å². The van der Waals surface area contributed by atoms with E-state index in [4.69, 9.17) is 5.73 Å². The Morgan fingerprint density at radius 2 is 1.92 bits per heavy atom. The molecule has 0 radical (unpaired) electrons. The number of nitrogens with two attached hydrogens (primary N) is 1. The van der Waals surface area contributed by atoms with Gasteiger partial charge in [-0.25, -0.2) is 9.37 Å². The van der Waals surface area contributed by atoms with Crippen molar-refractivity contribution < 1.29 is 18.0 Å². The Morgan fingerprint density at radius 1 is 1.28 bits per heavy atom. The molecule has 2 N–H and O–H groups in total. The Bertz CT molecular complexity index is 839. The van der Waals surface area contributed by atoms with Crippen molar-refractivity contribution in [2.45, 2.75) is 52.0 Å². The van der Waals surface area contributed by atoms with Crippen LogP contribution >= 0.6 is 0 Å². The summed E-state index contributed by atoms with van der Waals surface area (Å²) >= 11 is 0. The third-order valence-electron chi connectivity index (χ3n) is 4.91. The first-order valence-electron chi connectivity index (χ1n) is 8.39. The van der Waals surface area contributed by atoms with Crippen LogP contribution in [-0.2, 0) is 0 Å².